The lowest BCUT2D eigenvalue weighted by molar-refractivity contribution is -0.117. The van der Waals surface area contributed by atoms with Crippen LogP contribution in [0, 0.1) is 0 Å². The first-order valence-corrected chi connectivity index (χ1v) is 7.21. The van der Waals surface area contributed by atoms with Gasteiger partial charge in [-0.05, 0) is 45.0 Å². The molecular formula is C16H22N2O3. The topological polar surface area (TPSA) is 50.8 Å². The summed E-state index contributed by atoms with van der Waals surface area (Å²) in [5, 5.41) is 3.28. The highest BCUT2D eigenvalue weighted by molar-refractivity contribution is 5.92. The summed E-state index contributed by atoms with van der Waals surface area (Å²) in [6, 6.07) is 7.68. The summed E-state index contributed by atoms with van der Waals surface area (Å²) < 4.78 is 11.2. The average molecular weight is 290 g/mol. The Hall–Kier alpha value is -2.17. The molecular weight excluding hydrogens is 268 g/mol. The second-order valence-corrected chi connectivity index (χ2v) is 4.83. The molecule has 21 heavy (non-hydrogen) atoms. The summed E-state index contributed by atoms with van der Waals surface area (Å²) in [6.45, 7) is 8.81. The summed E-state index contributed by atoms with van der Waals surface area (Å²) in [5.74, 6) is 1.21. The lowest BCUT2D eigenvalue weighted by Gasteiger charge is -2.26. The largest absolute Gasteiger partial charge is 0.494 e. The van der Waals surface area contributed by atoms with E-state index in [-0.39, 0.29) is 12.1 Å². The number of hydrogen-bond donors (Lipinski definition) is 1. The van der Waals surface area contributed by atoms with Gasteiger partial charge in [0.25, 0.3) is 6.35 Å². The maximum absolute atomic E-state index is 11.6. The fourth-order valence-electron chi connectivity index (χ4n) is 2.37. The summed E-state index contributed by atoms with van der Waals surface area (Å²) >= 11 is 0. The zero-order valence-corrected chi connectivity index (χ0v) is 13.0. The molecule has 1 unspecified atom stereocenters. The molecule has 1 atom stereocenters. The van der Waals surface area contributed by atoms with Crippen LogP contribution in [0.4, 0.5) is 5.69 Å². The molecule has 1 aliphatic heterocycles. The lowest BCUT2D eigenvalue weighted by Crippen LogP contribution is -2.36. The maximum atomic E-state index is 11.6. The fraction of sp³-hybridized carbons (Fsp3) is 0.438. The number of Topliss-reactive ketones (excluding diaryl/α,β-unsaturated/α-hetero) is 1. The van der Waals surface area contributed by atoms with E-state index in [0.717, 1.165) is 23.7 Å². The molecule has 114 valence electrons. The van der Waals surface area contributed by atoms with Crippen molar-refractivity contribution < 1.29 is 14.3 Å². The zero-order valence-electron chi connectivity index (χ0n) is 13.0. The maximum Gasteiger partial charge on any atom is 0.251 e. The Morgan fingerprint density at radius 2 is 2.00 bits per heavy atom. The van der Waals surface area contributed by atoms with E-state index >= 15 is 0 Å². The van der Waals surface area contributed by atoms with Crippen LogP contribution in [0.15, 0.2) is 35.7 Å². The van der Waals surface area contributed by atoms with E-state index in [9.17, 15) is 4.79 Å². The highest BCUT2D eigenvalue weighted by Gasteiger charge is 2.31. The minimum Gasteiger partial charge on any atom is -0.494 e. The van der Waals surface area contributed by atoms with Crippen molar-refractivity contribution in [2.24, 2.45) is 0 Å². The molecule has 0 fully saturated rings. The number of nitrogens with zero attached hydrogens (tertiary/aromatic N) is 1. The Morgan fingerprint density at radius 1 is 1.33 bits per heavy atom. The third kappa shape index (κ3) is 3.29. The number of ketones is 1. The smallest absolute Gasteiger partial charge is 0.251 e. The number of carbonyl (C=O) groups is 1. The standard InChI is InChI=1S/C16H22N2O3/c1-5-18-11(3)15(12(4)19)21-16(18)17-13-7-9-14(10-8-13)20-6-2/h7-10,16-17H,5-6H2,1-4H3. The van der Waals surface area contributed by atoms with Crippen molar-refractivity contribution >= 4 is 11.5 Å². The van der Waals surface area contributed by atoms with Crippen LogP contribution in [0.2, 0.25) is 0 Å². The van der Waals surface area contributed by atoms with E-state index in [1.54, 1.807) is 0 Å². The SMILES string of the molecule is CCOc1ccc(NC2OC(C(C)=O)=C(C)N2CC)cc1. The van der Waals surface area contributed by atoms with Gasteiger partial charge in [-0.2, -0.15) is 0 Å². The van der Waals surface area contributed by atoms with E-state index in [2.05, 4.69) is 5.32 Å². The quantitative estimate of drug-likeness (QED) is 0.873. The Balaban J connectivity index is 2.08. The molecule has 1 aliphatic rings. The van der Waals surface area contributed by atoms with Crippen LogP contribution in [0.1, 0.15) is 27.7 Å². The molecule has 1 N–H and O–H groups in total. The van der Waals surface area contributed by atoms with Gasteiger partial charge in [0.15, 0.2) is 11.5 Å². The second kappa shape index (κ2) is 6.52. The lowest BCUT2D eigenvalue weighted by atomic mass is 10.3. The molecule has 1 heterocycles. The van der Waals surface area contributed by atoms with Crippen molar-refractivity contribution in [2.75, 3.05) is 18.5 Å². The van der Waals surface area contributed by atoms with Crippen molar-refractivity contribution in [2.45, 2.75) is 34.0 Å². The third-order valence-corrected chi connectivity index (χ3v) is 3.39. The van der Waals surface area contributed by atoms with Gasteiger partial charge in [0.1, 0.15) is 5.75 Å². The van der Waals surface area contributed by atoms with Crippen LogP contribution in [0.25, 0.3) is 0 Å². The number of rotatable bonds is 6. The molecule has 5 heteroatoms. The van der Waals surface area contributed by atoms with Crippen molar-refractivity contribution in [1.29, 1.82) is 0 Å². The zero-order chi connectivity index (χ0) is 15.4. The highest BCUT2D eigenvalue weighted by atomic mass is 16.5. The normalized spacial score (nSPS) is 17.7. The number of anilines is 1. The van der Waals surface area contributed by atoms with Gasteiger partial charge in [-0.3, -0.25) is 4.79 Å². The van der Waals surface area contributed by atoms with Gasteiger partial charge in [0, 0.05) is 19.2 Å². The van der Waals surface area contributed by atoms with Crippen LogP contribution >= 0.6 is 0 Å². The van der Waals surface area contributed by atoms with Crippen LogP contribution in [0.5, 0.6) is 5.75 Å². The molecule has 0 amide bonds. The van der Waals surface area contributed by atoms with Gasteiger partial charge in [-0.25, -0.2) is 0 Å². The van der Waals surface area contributed by atoms with Crippen molar-refractivity contribution in [3.63, 3.8) is 0 Å². The minimum atomic E-state index is -0.355. The van der Waals surface area contributed by atoms with Gasteiger partial charge < -0.3 is 19.7 Å². The van der Waals surface area contributed by atoms with E-state index in [1.165, 1.54) is 6.92 Å². The summed E-state index contributed by atoms with van der Waals surface area (Å²) in [6.07, 6.45) is -0.355. The number of hydrogen-bond acceptors (Lipinski definition) is 5. The molecule has 0 aromatic heterocycles. The number of nitrogens with one attached hydrogen (secondary N) is 1. The number of carbonyl (C=O) groups excluding carboxylic acids is 1. The van der Waals surface area contributed by atoms with Crippen LogP contribution in [-0.4, -0.2) is 30.2 Å². The number of allylic oxidation sites excluding steroid dienone is 2. The molecule has 0 saturated heterocycles. The molecule has 0 aliphatic carbocycles. The van der Waals surface area contributed by atoms with Crippen molar-refractivity contribution in [3.05, 3.63) is 35.7 Å². The van der Waals surface area contributed by atoms with E-state index in [1.807, 2.05) is 49.9 Å². The van der Waals surface area contributed by atoms with Crippen LogP contribution in [0.3, 0.4) is 0 Å². The Morgan fingerprint density at radius 3 is 2.52 bits per heavy atom. The van der Waals surface area contributed by atoms with E-state index in [0.29, 0.717) is 12.4 Å². The molecule has 1 aromatic rings. The molecule has 2 rings (SSSR count). The summed E-state index contributed by atoms with van der Waals surface area (Å²) in [5.41, 5.74) is 1.79. The Bertz CT molecular complexity index is 537. The first-order chi connectivity index (χ1) is 10.1. The second-order valence-electron chi connectivity index (χ2n) is 4.83. The third-order valence-electron chi connectivity index (χ3n) is 3.39. The molecule has 0 spiro atoms. The Labute approximate surface area is 125 Å². The van der Waals surface area contributed by atoms with E-state index < -0.39 is 0 Å². The monoisotopic (exact) mass is 290 g/mol. The predicted octanol–water partition coefficient (Wildman–Crippen LogP) is 2.95. The molecule has 0 bridgehead atoms. The summed E-state index contributed by atoms with van der Waals surface area (Å²) in [7, 11) is 0. The fourth-order valence-corrected chi connectivity index (χ4v) is 2.37. The number of benzene rings is 1. The minimum absolute atomic E-state index is 0.0538. The van der Waals surface area contributed by atoms with Crippen LogP contribution < -0.4 is 10.1 Å². The molecule has 5 nitrogen and oxygen atoms in total. The highest BCUT2D eigenvalue weighted by Crippen LogP contribution is 2.27. The first-order valence-electron chi connectivity index (χ1n) is 7.21. The first kappa shape index (κ1) is 15.2. The molecule has 0 saturated carbocycles. The van der Waals surface area contributed by atoms with Crippen molar-refractivity contribution in [1.82, 2.24) is 4.90 Å². The van der Waals surface area contributed by atoms with E-state index in [4.69, 9.17) is 9.47 Å². The number of ether oxygens (including phenoxy) is 2. The molecule has 1 aromatic carbocycles. The average Bonchev–Trinajstić information content (AvgIpc) is 2.77. The van der Waals surface area contributed by atoms with Gasteiger partial charge >= 0.3 is 0 Å². The van der Waals surface area contributed by atoms with Crippen LogP contribution in [-0.2, 0) is 9.53 Å². The van der Waals surface area contributed by atoms with Gasteiger partial charge in [-0.1, -0.05) is 0 Å². The van der Waals surface area contributed by atoms with Crippen molar-refractivity contribution in [3.8, 4) is 5.75 Å². The summed E-state index contributed by atoms with van der Waals surface area (Å²) in [4.78, 5) is 13.6. The van der Waals surface area contributed by atoms with Gasteiger partial charge in [0.2, 0.25) is 0 Å². The van der Waals surface area contributed by atoms with Gasteiger partial charge in [0.05, 0.1) is 12.3 Å². The Kier molecular flexibility index (Phi) is 4.73. The van der Waals surface area contributed by atoms with Gasteiger partial charge in [-0.15, -0.1) is 0 Å². The molecule has 0 radical (unpaired) electrons. The predicted molar refractivity (Wildman–Crippen MR) is 81.9 cm³/mol.